The van der Waals surface area contributed by atoms with Gasteiger partial charge in [-0.3, -0.25) is 19.7 Å². The van der Waals surface area contributed by atoms with E-state index in [1.54, 1.807) is 12.0 Å². The molecule has 1 aromatic carbocycles. The Bertz CT molecular complexity index is 813. The zero-order valence-corrected chi connectivity index (χ0v) is 16.8. The summed E-state index contributed by atoms with van der Waals surface area (Å²) >= 11 is 0. The number of hydrogen-bond donors (Lipinski definition) is 3. The van der Waals surface area contributed by atoms with Gasteiger partial charge in [0.15, 0.2) is 0 Å². The molecule has 2 fully saturated rings. The standard InChI is InChI=1S/C21H28N4O4/c1-29-13-21(7-9-22-10-8-21)23-11-14-3-2-4-15-12-25(20(28)18(14)15)16-5-6-17(26)24-19(16)27/h2-4,16,22-23H,5-13H2,1H3,(H,24,26,27). The molecule has 156 valence electrons. The van der Waals surface area contributed by atoms with E-state index in [9.17, 15) is 14.4 Å². The molecule has 0 spiro atoms. The highest BCUT2D eigenvalue weighted by Crippen LogP contribution is 2.30. The molecule has 0 radical (unpaired) electrons. The summed E-state index contributed by atoms with van der Waals surface area (Å²) in [5, 5.41) is 9.38. The summed E-state index contributed by atoms with van der Waals surface area (Å²) < 4.78 is 5.47. The molecule has 2 saturated heterocycles. The van der Waals surface area contributed by atoms with E-state index in [0.717, 1.165) is 37.1 Å². The van der Waals surface area contributed by atoms with Crippen LogP contribution in [0.3, 0.4) is 0 Å². The van der Waals surface area contributed by atoms with Gasteiger partial charge >= 0.3 is 0 Å². The lowest BCUT2D eigenvalue weighted by Crippen LogP contribution is -2.55. The van der Waals surface area contributed by atoms with Crippen molar-refractivity contribution in [1.82, 2.24) is 20.9 Å². The average Bonchev–Trinajstić information content (AvgIpc) is 3.04. The fourth-order valence-electron chi connectivity index (χ4n) is 4.67. The minimum atomic E-state index is -0.585. The van der Waals surface area contributed by atoms with E-state index in [1.807, 2.05) is 18.2 Å². The third kappa shape index (κ3) is 3.92. The molecule has 3 aliphatic rings. The van der Waals surface area contributed by atoms with Gasteiger partial charge in [-0.25, -0.2) is 0 Å². The Morgan fingerprint density at radius 2 is 2.03 bits per heavy atom. The molecule has 8 heteroatoms. The predicted molar refractivity (Wildman–Crippen MR) is 106 cm³/mol. The van der Waals surface area contributed by atoms with Crippen LogP contribution in [0.2, 0.25) is 0 Å². The number of nitrogens with one attached hydrogen (secondary N) is 3. The molecule has 1 aromatic rings. The maximum Gasteiger partial charge on any atom is 0.255 e. The second kappa shape index (κ2) is 8.22. The van der Waals surface area contributed by atoms with Crippen LogP contribution in [0.25, 0.3) is 0 Å². The second-order valence-corrected chi connectivity index (χ2v) is 8.17. The van der Waals surface area contributed by atoms with Crippen LogP contribution in [-0.2, 0) is 27.4 Å². The first-order chi connectivity index (χ1) is 14.0. The minimum Gasteiger partial charge on any atom is -0.383 e. The molecule has 8 nitrogen and oxygen atoms in total. The van der Waals surface area contributed by atoms with E-state index in [-0.39, 0.29) is 29.7 Å². The van der Waals surface area contributed by atoms with Crippen molar-refractivity contribution >= 4 is 17.7 Å². The number of nitrogens with zero attached hydrogens (tertiary/aromatic N) is 1. The number of ether oxygens (including phenoxy) is 1. The van der Waals surface area contributed by atoms with Crippen molar-refractivity contribution in [3.05, 3.63) is 34.9 Å². The molecular formula is C21H28N4O4. The Morgan fingerprint density at radius 1 is 1.24 bits per heavy atom. The van der Waals surface area contributed by atoms with E-state index in [1.165, 1.54) is 0 Å². The molecule has 4 rings (SSSR count). The minimum absolute atomic E-state index is 0.103. The van der Waals surface area contributed by atoms with Gasteiger partial charge in [-0.05, 0) is 43.5 Å². The molecule has 0 aliphatic carbocycles. The monoisotopic (exact) mass is 400 g/mol. The fourth-order valence-corrected chi connectivity index (χ4v) is 4.67. The van der Waals surface area contributed by atoms with Crippen LogP contribution in [0.1, 0.15) is 47.2 Å². The zero-order valence-electron chi connectivity index (χ0n) is 16.8. The first-order valence-corrected chi connectivity index (χ1v) is 10.2. The second-order valence-electron chi connectivity index (χ2n) is 8.17. The van der Waals surface area contributed by atoms with Crippen LogP contribution >= 0.6 is 0 Å². The summed E-state index contributed by atoms with van der Waals surface area (Å²) in [7, 11) is 1.72. The number of hydrogen-bond acceptors (Lipinski definition) is 6. The van der Waals surface area contributed by atoms with Gasteiger partial charge in [0.1, 0.15) is 6.04 Å². The van der Waals surface area contributed by atoms with Gasteiger partial charge in [0.05, 0.1) is 6.61 Å². The first-order valence-electron chi connectivity index (χ1n) is 10.2. The van der Waals surface area contributed by atoms with Gasteiger partial charge in [0.2, 0.25) is 11.8 Å². The fraction of sp³-hybridized carbons (Fsp3) is 0.571. The molecule has 3 amide bonds. The lowest BCUT2D eigenvalue weighted by Gasteiger charge is -2.38. The van der Waals surface area contributed by atoms with Crippen molar-refractivity contribution in [2.75, 3.05) is 26.8 Å². The maximum atomic E-state index is 13.2. The van der Waals surface area contributed by atoms with Gasteiger partial charge < -0.3 is 20.3 Å². The van der Waals surface area contributed by atoms with E-state index in [2.05, 4.69) is 16.0 Å². The largest absolute Gasteiger partial charge is 0.383 e. The van der Waals surface area contributed by atoms with Crippen LogP contribution in [0.15, 0.2) is 18.2 Å². The van der Waals surface area contributed by atoms with Gasteiger partial charge in [0, 0.05) is 37.7 Å². The normalized spacial score (nSPS) is 23.8. The van der Waals surface area contributed by atoms with Crippen LogP contribution in [0.4, 0.5) is 0 Å². The number of benzene rings is 1. The number of methoxy groups -OCH3 is 1. The smallest absolute Gasteiger partial charge is 0.255 e. The maximum absolute atomic E-state index is 13.2. The highest BCUT2D eigenvalue weighted by Gasteiger charge is 2.40. The van der Waals surface area contributed by atoms with E-state index >= 15 is 0 Å². The first kappa shape index (κ1) is 20.0. The number of amides is 3. The molecule has 1 unspecified atom stereocenters. The Balaban J connectivity index is 1.51. The van der Waals surface area contributed by atoms with Crippen molar-refractivity contribution in [3.8, 4) is 0 Å². The summed E-state index contributed by atoms with van der Waals surface area (Å²) in [6.45, 7) is 3.47. The van der Waals surface area contributed by atoms with Crippen molar-refractivity contribution < 1.29 is 19.1 Å². The van der Waals surface area contributed by atoms with Crippen LogP contribution in [0.5, 0.6) is 0 Å². The van der Waals surface area contributed by atoms with E-state index < -0.39 is 6.04 Å². The lowest BCUT2D eigenvalue weighted by molar-refractivity contribution is -0.136. The summed E-state index contributed by atoms with van der Waals surface area (Å²) in [4.78, 5) is 38.5. The molecule has 0 saturated carbocycles. The number of piperidine rings is 2. The number of carbonyl (C=O) groups is 3. The highest BCUT2D eigenvalue weighted by atomic mass is 16.5. The molecule has 3 heterocycles. The van der Waals surface area contributed by atoms with Crippen LogP contribution < -0.4 is 16.0 Å². The van der Waals surface area contributed by atoms with Crippen LogP contribution in [-0.4, -0.2) is 61.0 Å². The van der Waals surface area contributed by atoms with Gasteiger partial charge in [-0.1, -0.05) is 18.2 Å². The number of carbonyl (C=O) groups excluding carboxylic acids is 3. The van der Waals surface area contributed by atoms with Gasteiger partial charge in [-0.15, -0.1) is 0 Å². The molecule has 0 aromatic heterocycles. The quantitative estimate of drug-likeness (QED) is 0.594. The number of fused-ring (bicyclic) bond motifs is 1. The summed E-state index contributed by atoms with van der Waals surface area (Å²) in [6.07, 6.45) is 2.57. The van der Waals surface area contributed by atoms with Crippen molar-refractivity contribution in [2.45, 2.75) is 50.4 Å². The molecular weight excluding hydrogens is 372 g/mol. The highest BCUT2D eigenvalue weighted by molar-refractivity contribution is 6.05. The molecule has 29 heavy (non-hydrogen) atoms. The Morgan fingerprint density at radius 3 is 2.76 bits per heavy atom. The van der Waals surface area contributed by atoms with E-state index in [4.69, 9.17) is 4.74 Å². The molecule has 1 atom stereocenters. The van der Waals surface area contributed by atoms with Crippen molar-refractivity contribution in [1.29, 1.82) is 0 Å². The van der Waals surface area contributed by atoms with Crippen molar-refractivity contribution in [2.24, 2.45) is 0 Å². The molecule has 3 N–H and O–H groups in total. The predicted octanol–water partition coefficient (Wildman–Crippen LogP) is 0.306. The summed E-state index contributed by atoms with van der Waals surface area (Å²) in [5.41, 5.74) is 2.46. The summed E-state index contributed by atoms with van der Waals surface area (Å²) in [5.74, 6) is -0.778. The van der Waals surface area contributed by atoms with Gasteiger partial charge in [-0.2, -0.15) is 0 Å². The van der Waals surface area contributed by atoms with Crippen molar-refractivity contribution in [3.63, 3.8) is 0 Å². The van der Waals surface area contributed by atoms with E-state index in [0.29, 0.717) is 31.7 Å². The Labute approximate surface area is 170 Å². The molecule has 0 bridgehead atoms. The lowest BCUT2D eigenvalue weighted by atomic mass is 9.88. The number of imide groups is 1. The SMILES string of the molecule is COCC1(NCc2cccc3c2C(=O)N(C2CCC(=O)NC2=O)C3)CCNCC1. The Hall–Kier alpha value is -2.29. The Kier molecular flexibility index (Phi) is 5.67. The third-order valence-electron chi connectivity index (χ3n) is 6.27. The third-order valence-corrected chi connectivity index (χ3v) is 6.27. The topological polar surface area (TPSA) is 99.8 Å². The number of rotatable bonds is 6. The molecule has 3 aliphatic heterocycles. The van der Waals surface area contributed by atoms with Gasteiger partial charge in [0.25, 0.3) is 5.91 Å². The average molecular weight is 400 g/mol. The summed E-state index contributed by atoms with van der Waals surface area (Å²) in [6, 6.07) is 5.29. The van der Waals surface area contributed by atoms with Crippen LogP contribution in [0, 0.1) is 0 Å². The zero-order chi connectivity index (χ0) is 20.4.